The monoisotopic (exact) mass is 448 g/mol. The van der Waals surface area contributed by atoms with Crippen LogP contribution in [0.15, 0.2) is 53.4 Å². The van der Waals surface area contributed by atoms with Crippen molar-refractivity contribution in [3.05, 3.63) is 64.7 Å². The first-order valence-corrected chi connectivity index (χ1v) is 11.6. The summed E-state index contributed by atoms with van der Waals surface area (Å²) in [4.78, 5) is 26.2. The van der Waals surface area contributed by atoms with E-state index in [1.54, 1.807) is 30.1 Å². The van der Waals surface area contributed by atoms with Crippen LogP contribution in [0.4, 0.5) is 0 Å². The van der Waals surface area contributed by atoms with Crippen LogP contribution in [-0.2, 0) is 21.4 Å². The number of ketones is 1. The van der Waals surface area contributed by atoms with Crippen LogP contribution >= 0.6 is 11.6 Å². The number of rotatable bonds is 6. The third kappa shape index (κ3) is 5.09. The van der Waals surface area contributed by atoms with Crippen molar-refractivity contribution in [3.63, 3.8) is 0 Å². The molecule has 2 aromatic rings. The van der Waals surface area contributed by atoms with Crippen LogP contribution < -0.4 is 0 Å². The van der Waals surface area contributed by atoms with Crippen molar-refractivity contribution in [2.45, 2.75) is 31.2 Å². The summed E-state index contributed by atoms with van der Waals surface area (Å²) in [6, 6.07) is 13.5. The second-order valence-electron chi connectivity index (χ2n) is 7.59. The van der Waals surface area contributed by atoms with Crippen molar-refractivity contribution in [2.24, 2.45) is 5.92 Å². The fraction of sp³-hybridized carbons (Fsp3) is 0.364. The Kier molecular flexibility index (Phi) is 6.95. The molecule has 1 fully saturated rings. The number of Topliss-reactive ketones (excluding diaryl/α,β-unsaturated/α-hetero) is 1. The topological polar surface area (TPSA) is 74.8 Å². The summed E-state index contributed by atoms with van der Waals surface area (Å²) < 4.78 is 27.3. The zero-order valence-corrected chi connectivity index (χ0v) is 18.6. The Labute approximate surface area is 182 Å². The highest BCUT2D eigenvalue weighted by Gasteiger charge is 2.33. The summed E-state index contributed by atoms with van der Waals surface area (Å²) in [5.74, 6) is -0.395. The summed E-state index contributed by atoms with van der Waals surface area (Å²) in [6.45, 7) is 2.40. The number of carbonyl (C=O) groups is 2. The van der Waals surface area contributed by atoms with Crippen molar-refractivity contribution in [2.75, 3.05) is 20.1 Å². The molecule has 30 heavy (non-hydrogen) atoms. The lowest BCUT2D eigenvalue weighted by atomic mass is 9.96. The number of sulfonamides is 1. The Morgan fingerprint density at radius 1 is 1.10 bits per heavy atom. The van der Waals surface area contributed by atoms with Gasteiger partial charge in [-0.2, -0.15) is 4.31 Å². The maximum atomic E-state index is 13.0. The molecule has 0 aromatic heterocycles. The number of nitrogens with zero attached hydrogens (tertiary/aromatic N) is 2. The molecule has 1 aliphatic heterocycles. The first kappa shape index (κ1) is 22.5. The molecular weight excluding hydrogens is 424 g/mol. The highest BCUT2D eigenvalue weighted by atomic mass is 35.5. The van der Waals surface area contributed by atoms with E-state index >= 15 is 0 Å². The fourth-order valence-corrected chi connectivity index (χ4v) is 5.40. The molecule has 1 amide bonds. The third-order valence-corrected chi connectivity index (χ3v) is 7.50. The van der Waals surface area contributed by atoms with Gasteiger partial charge in [0.25, 0.3) is 0 Å². The normalized spacial score (nSPS) is 15.7. The molecule has 1 saturated heterocycles. The first-order chi connectivity index (χ1) is 14.2. The van der Waals surface area contributed by atoms with Crippen LogP contribution in [0.3, 0.4) is 0 Å². The van der Waals surface area contributed by atoms with Crippen molar-refractivity contribution in [1.82, 2.24) is 9.21 Å². The van der Waals surface area contributed by atoms with Crippen molar-refractivity contribution in [3.8, 4) is 0 Å². The van der Waals surface area contributed by atoms with Gasteiger partial charge < -0.3 is 4.90 Å². The minimum Gasteiger partial charge on any atom is -0.341 e. The van der Waals surface area contributed by atoms with Gasteiger partial charge in [0.1, 0.15) is 0 Å². The van der Waals surface area contributed by atoms with E-state index in [1.165, 1.54) is 23.4 Å². The summed E-state index contributed by atoms with van der Waals surface area (Å²) in [7, 11) is -1.95. The summed E-state index contributed by atoms with van der Waals surface area (Å²) >= 11 is 6.01. The number of carbonyl (C=O) groups excluding carboxylic acids is 2. The highest BCUT2D eigenvalue weighted by Crippen LogP contribution is 2.26. The molecule has 0 N–H and O–H groups in total. The molecule has 0 saturated carbocycles. The maximum Gasteiger partial charge on any atom is 0.243 e. The molecule has 0 aliphatic carbocycles. The van der Waals surface area contributed by atoms with Crippen LogP contribution in [0.2, 0.25) is 5.02 Å². The molecule has 160 valence electrons. The number of hydrogen-bond acceptors (Lipinski definition) is 4. The predicted molar refractivity (Wildman–Crippen MR) is 116 cm³/mol. The molecule has 1 heterocycles. The summed E-state index contributed by atoms with van der Waals surface area (Å²) in [6.07, 6.45) is 0.925. The van der Waals surface area contributed by atoms with Gasteiger partial charge in [0, 0.05) is 43.2 Å². The first-order valence-electron chi connectivity index (χ1n) is 9.79. The van der Waals surface area contributed by atoms with Crippen LogP contribution in [-0.4, -0.2) is 49.5 Å². The zero-order valence-electron chi connectivity index (χ0n) is 17.0. The molecule has 3 rings (SSSR count). The van der Waals surface area contributed by atoms with E-state index in [4.69, 9.17) is 11.6 Å². The molecule has 0 unspecified atom stereocenters. The molecule has 0 atom stereocenters. The van der Waals surface area contributed by atoms with Gasteiger partial charge in [-0.05, 0) is 49.6 Å². The minimum absolute atomic E-state index is 0.00519. The fourth-order valence-electron chi connectivity index (χ4n) is 3.67. The Morgan fingerprint density at radius 3 is 2.40 bits per heavy atom. The average molecular weight is 449 g/mol. The molecule has 6 nitrogen and oxygen atoms in total. The molecule has 0 spiro atoms. The van der Waals surface area contributed by atoms with Crippen LogP contribution in [0.1, 0.15) is 35.7 Å². The van der Waals surface area contributed by atoms with Gasteiger partial charge in [-0.25, -0.2) is 8.42 Å². The number of amides is 1. The number of hydrogen-bond donors (Lipinski definition) is 0. The average Bonchev–Trinajstić information content (AvgIpc) is 2.73. The Hall–Kier alpha value is -2.22. The van der Waals surface area contributed by atoms with Gasteiger partial charge in [-0.3, -0.25) is 9.59 Å². The molecule has 8 heteroatoms. The zero-order chi connectivity index (χ0) is 21.9. The van der Waals surface area contributed by atoms with Crippen LogP contribution in [0.25, 0.3) is 0 Å². The smallest absolute Gasteiger partial charge is 0.243 e. The van der Waals surface area contributed by atoms with Gasteiger partial charge in [-0.1, -0.05) is 35.9 Å². The van der Waals surface area contributed by atoms with Crippen molar-refractivity contribution >= 4 is 33.3 Å². The number of halogens is 1. The maximum absolute atomic E-state index is 13.0. The van der Waals surface area contributed by atoms with Gasteiger partial charge in [-0.15, -0.1) is 0 Å². The van der Waals surface area contributed by atoms with Gasteiger partial charge in [0.05, 0.1) is 4.90 Å². The van der Waals surface area contributed by atoms with Crippen LogP contribution in [0.5, 0.6) is 0 Å². The van der Waals surface area contributed by atoms with E-state index in [0.717, 1.165) is 5.56 Å². The lowest BCUT2D eigenvalue weighted by Crippen LogP contribution is -2.43. The minimum atomic E-state index is -3.70. The van der Waals surface area contributed by atoms with E-state index in [-0.39, 0.29) is 35.6 Å². The van der Waals surface area contributed by atoms with E-state index in [1.807, 2.05) is 18.2 Å². The highest BCUT2D eigenvalue weighted by molar-refractivity contribution is 7.89. The lowest BCUT2D eigenvalue weighted by molar-refractivity contribution is -0.135. The molecular formula is C22H25ClN2O4S. The van der Waals surface area contributed by atoms with Crippen molar-refractivity contribution in [1.29, 1.82) is 0 Å². The molecule has 0 radical (unpaired) electrons. The van der Waals surface area contributed by atoms with Gasteiger partial charge >= 0.3 is 0 Å². The predicted octanol–water partition coefficient (Wildman–Crippen LogP) is 3.60. The van der Waals surface area contributed by atoms with Crippen LogP contribution in [0, 0.1) is 5.92 Å². The molecule has 2 aromatic carbocycles. The lowest BCUT2D eigenvalue weighted by Gasteiger charge is -2.32. The third-order valence-electron chi connectivity index (χ3n) is 5.37. The van der Waals surface area contributed by atoms with E-state index < -0.39 is 10.0 Å². The van der Waals surface area contributed by atoms with E-state index in [2.05, 4.69) is 0 Å². The summed E-state index contributed by atoms with van der Waals surface area (Å²) in [5.41, 5.74) is 1.31. The standard InChI is InChI=1S/C22H25ClN2O4S/c1-16(26)19-6-4-8-21(14-19)30(28,29)25-11-9-18(10-12-25)22(27)24(2)15-17-5-3-7-20(23)13-17/h3-8,13-14,18H,9-12,15H2,1-2H3. The Morgan fingerprint density at radius 2 is 1.77 bits per heavy atom. The Balaban J connectivity index is 1.63. The second kappa shape index (κ2) is 9.29. The molecule has 0 bridgehead atoms. The van der Waals surface area contributed by atoms with Crippen molar-refractivity contribution < 1.29 is 18.0 Å². The molecule has 1 aliphatic rings. The quantitative estimate of drug-likeness (QED) is 0.633. The number of benzene rings is 2. The second-order valence-corrected chi connectivity index (χ2v) is 9.96. The Bertz CT molecular complexity index is 1050. The van der Waals surface area contributed by atoms with Gasteiger partial charge in [0.15, 0.2) is 5.78 Å². The number of piperidine rings is 1. The van der Waals surface area contributed by atoms with Gasteiger partial charge in [0.2, 0.25) is 15.9 Å². The SMILES string of the molecule is CC(=O)c1cccc(S(=O)(=O)N2CCC(C(=O)N(C)Cc3cccc(Cl)c3)CC2)c1. The van der Waals surface area contributed by atoms with E-state index in [0.29, 0.717) is 30.0 Å². The van der Waals surface area contributed by atoms with E-state index in [9.17, 15) is 18.0 Å². The largest absolute Gasteiger partial charge is 0.341 e. The summed E-state index contributed by atoms with van der Waals surface area (Å²) in [5, 5.41) is 0.626.